The van der Waals surface area contributed by atoms with Gasteiger partial charge in [0.05, 0.1) is 11.3 Å². The first-order valence-electron chi connectivity index (χ1n) is 8.19. The van der Waals surface area contributed by atoms with Crippen LogP contribution in [0.4, 0.5) is 10.1 Å². The Bertz CT molecular complexity index is 932. The van der Waals surface area contributed by atoms with Crippen molar-refractivity contribution < 1.29 is 9.18 Å². The number of halogens is 1. The molecule has 0 atom stereocenters. The molecule has 1 N–H and O–H groups in total. The number of amides is 1. The Morgan fingerprint density at radius 1 is 1.28 bits per heavy atom. The number of carbonyl (C=O) groups is 1. The third-order valence-corrected chi connectivity index (χ3v) is 4.21. The van der Waals surface area contributed by atoms with E-state index < -0.39 is 5.82 Å². The summed E-state index contributed by atoms with van der Waals surface area (Å²) in [5.74, 6) is -0.284. The number of nitrogens with one attached hydrogen (secondary N) is 1. The molecule has 4 rings (SSSR count). The fourth-order valence-corrected chi connectivity index (χ4v) is 2.84. The Kier molecular flexibility index (Phi) is 3.80. The van der Waals surface area contributed by atoms with Crippen LogP contribution in [0.3, 0.4) is 0 Å². The molecule has 0 saturated heterocycles. The second kappa shape index (κ2) is 6.12. The minimum Gasteiger partial charge on any atom is -0.322 e. The average molecular weight is 336 g/mol. The van der Waals surface area contributed by atoms with E-state index in [9.17, 15) is 9.18 Å². The van der Waals surface area contributed by atoms with Crippen molar-refractivity contribution in [3.8, 4) is 5.69 Å². The van der Waals surface area contributed by atoms with Crippen molar-refractivity contribution >= 4 is 11.6 Å². The van der Waals surface area contributed by atoms with Crippen LogP contribution in [0.15, 0.2) is 48.8 Å². The normalized spacial score (nSPS) is 13.7. The van der Waals surface area contributed by atoms with Crippen LogP contribution in [0.25, 0.3) is 5.69 Å². The first-order chi connectivity index (χ1) is 12.1. The van der Waals surface area contributed by atoms with Gasteiger partial charge in [0, 0.05) is 29.7 Å². The number of pyridine rings is 1. The molecule has 25 heavy (non-hydrogen) atoms. The second-order valence-corrected chi connectivity index (χ2v) is 6.26. The molecule has 1 aromatic carbocycles. The van der Waals surface area contributed by atoms with Crippen molar-refractivity contribution in [2.75, 3.05) is 5.32 Å². The Labute approximate surface area is 144 Å². The zero-order chi connectivity index (χ0) is 17.4. The highest BCUT2D eigenvalue weighted by Gasteiger charge is 2.28. The number of aryl methyl sites for hydroxylation is 1. The number of aromatic nitrogens is 3. The fraction of sp³-hybridized carbons (Fsp3) is 0.211. The Morgan fingerprint density at radius 3 is 2.80 bits per heavy atom. The van der Waals surface area contributed by atoms with Gasteiger partial charge in [0.15, 0.2) is 5.82 Å². The SMILES string of the molecule is Cc1cc(C2CC2)n(-c2ccc(NC(=O)c3cccnc3)cc2F)n1. The molecule has 5 nitrogen and oxygen atoms in total. The van der Waals surface area contributed by atoms with Crippen LogP contribution in [0.1, 0.15) is 40.5 Å². The molecule has 0 bridgehead atoms. The molecule has 0 spiro atoms. The minimum atomic E-state index is -0.422. The Hall–Kier alpha value is -3.02. The summed E-state index contributed by atoms with van der Waals surface area (Å²) in [5, 5.41) is 7.11. The predicted molar refractivity (Wildman–Crippen MR) is 92.4 cm³/mol. The zero-order valence-electron chi connectivity index (χ0n) is 13.7. The molecule has 126 valence electrons. The molecule has 6 heteroatoms. The molecular formula is C19H17FN4O. The standard InChI is InChI=1S/C19H17FN4O/c1-12-9-18(13-4-5-13)24(23-12)17-7-6-15(10-16(17)20)22-19(25)14-3-2-8-21-11-14/h2-3,6-11,13H,4-5H2,1H3,(H,22,25). The first kappa shape index (κ1) is 15.5. The number of nitrogens with zero attached hydrogens (tertiary/aromatic N) is 3. The smallest absolute Gasteiger partial charge is 0.257 e. The van der Waals surface area contributed by atoms with E-state index in [-0.39, 0.29) is 5.91 Å². The molecule has 3 aromatic rings. The van der Waals surface area contributed by atoms with Gasteiger partial charge in [-0.3, -0.25) is 9.78 Å². The van der Waals surface area contributed by atoms with Crippen molar-refractivity contribution in [1.29, 1.82) is 0 Å². The maximum atomic E-state index is 14.6. The van der Waals surface area contributed by atoms with Crippen molar-refractivity contribution in [3.63, 3.8) is 0 Å². The fourth-order valence-electron chi connectivity index (χ4n) is 2.84. The zero-order valence-corrected chi connectivity index (χ0v) is 13.7. The number of hydrogen-bond acceptors (Lipinski definition) is 3. The number of anilines is 1. The quantitative estimate of drug-likeness (QED) is 0.787. The number of rotatable bonds is 4. The molecule has 1 amide bonds. The molecule has 1 aliphatic rings. The van der Waals surface area contributed by atoms with Crippen LogP contribution in [-0.2, 0) is 0 Å². The van der Waals surface area contributed by atoms with Gasteiger partial charge in [0.2, 0.25) is 0 Å². The summed E-state index contributed by atoms with van der Waals surface area (Å²) in [4.78, 5) is 16.1. The Balaban J connectivity index is 1.60. The number of carbonyl (C=O) groups excluding carboxylic acids is 1. The van der Waals surface area contributed by atoms with Crippen LogP contribution in [-0.4, -0.2) is 20.7 Å². The molecule has 0 aliphatic heterocycles. The lowest BCUT2D eigenvalue weighted by atomic mass is 10.2. The summed E-state index contributed by atoms with van der Waals surface area (Å²) in [5.41, 5.74) is 3.13. The number of hydrogen-bond donors (Lipinski definition) is 1. The van der Waals surface area contributed by atoms with E-state index >= 15 is 0 Å². The molecule has 2 heterocycles. The van der Waals surface area contributed by atoms with Gasteiger partial charge in [0.25, 0.3) is 5.91 Å². The van der Waals surface area contributed by atoms with Crippen molar-refractivity contribution in [2.24, 2.45) is 0 Å². The van der Waals surface area contributed by atoms with Crippen LogP contribution >= 0.6 is 0 Å². The molecule has 1 aliphatic carbocycles. The largest absolute Gasteiger partial charge is 0.322 e. The highest BCUT2D eigenvalue weighted by atomic mass is 19.1. The van der Waals surface area contributed by atoms with Crippen LogP contribution in [0, 0.1) is 12.7 Å². The van der Waals surface area contributed by atoms with Gasteiger partial charge < -0.3 is 5.32 Å². The molecule has 1 fully saturated rings. The highest BCUT2D eigenvalue weighted by Crippen LogP contribution is 2.41. The molecule has 0 radical (unpaired) electrons. The summed E-state index contributed by atoms with van der Waals surface area (Å²) in [6.07, 6.45) is 5.29. The maximum Gasteiger partial charge on any atom is 0.257 e. The van der Waals surface area contributed by atoms with E-state index in [0.717, 1.165) is 24.2 Å². The van der Waals surface area contributed by atoms with Crippen LogP contribution < -0.4 is 5.32 Å². The van der Waals surface area contributed by atoms with Gasteiger partial charge in [-0.1, -0.05) is 0 Å². The average Bonchev–Trinajstić information content (AvgIpc) is 3.38. The monoisotopic (exact) mass is 336 g/mol. The van der Waals surface area contributed by atoms with E-state index in [0.29, 0.717) is 22.9 Å². The maximum absolute atomic E-state index is 14.6. The van der Waals surface area contributed by atoms with Gasteiger partial charge >= 0.3 is 0 Å². The van der Waals surface area contributed by atoms with Gasteiger partial charge in [-0.05, 0) is 56.2 Å². The van der Waals surface area contributed by atoms with E-state index in [1.165, 1.54) is 12.3 Å². The third kappa shape index (κ3) is 3.15. The second-order valence-electron chi connectivity index (χ2n) is 6.26. The summed E-state index contributed by atoms with van der Waals surface area (Å²) >= 11 is 0. The van der Waals surface area contributed by atoms with E-state index in [1.54, 1.807) is 35.1 Å². The van der Waals surface area contributed by atoms with Crippen LogP contribution in [0.5, 0.6) is 0 Å². The third-order valence-electron chi connectivity index (χ3n) is 4.21. The first-order valence-corrected chi connectivity index (χ1v) is 8.19. The van der Waals surface area contributed by atoms with Crippen LogP contribution in [0.2, 0.25) is 0 Å². The molecular weight excluding hydrogens is 319 g/mol. The summed E-state index contributed by atoms with van der Waals surface area (Å²) in [6.45, 7) is 1.91. The minimum absolute atomic E-state index is 0.325. The highest BCUT2D eigenvalue weighted by molar-refractivity contribution is 6.04. The van der Waals surface area contributed by atoms with Crippen molar-refractivity contribution in [3.05, 3.63) is 71.6 Å². The topological polar surface area (TPSA) is 59.8 Å². The summed E-state index contributed by atoms with van der Waals surface area (Å²) in [7, 11) is 0. The summed E-state index contributed by atoms with van der Waals surface area (Å²) < 4.78 is 16.3. The van der Waals surface area contributed by atoms with Gasteiger partial charge in [0.1, 0.15) is 5.69 Å². The molecule has 1 saturated carbocycles. The lowest BCUT2D eigenvalue weighted by Crippen LogP contribution is -2.12. The van der Waals surface area contributed by atoms with E-state index in [1.807, 2.05) is 13.0 Å². The number of benzene rings is 1. The van der Waals surface area contributed by atoms with Crippen molar-refractivity contribution in [2.45, 2.75) is 25.7 Å². The van der Waals surface area contributed by atoms with Gasteiger partial charge in [-0.2, -0.15) is 5.10 Å². The lowest BCUT2D eigenvalue weighted by Gasteiger charge is -2.10. The summed E-state index contributed by atoms with van der Waals surface area (Å²) in [6, 6.07) is 9.99. The van der Waals surface area contributed by atoms with Crippen molar-refractivity contribution in [1.82, 2.24) is 14.8 Å². The van der Waals surface area contributed by atoms with Gasteiger partial charge in [-0.15, -0.1) is 0 Å². The molecule has 2 aromatic heterocycles. The van der Waals surface area contributed by atoms with E-state index in [4.69, 9.17) is 0 Å². The lowest BCUT2D eigenvalue weighted by molar-refractivity contribution is 0.102. The Morgan fingerprint density at radius 2 is 2.12 bits per heavy atom. The predicted octanol–water partition coefficient (Wildman–Crippen LogP) is 3.84. The van der Waals surface area contributed by atoms with E-state index in [2.05, 4.69) is 15.4 Å². The molecule has 0 unspecified atom stereocenters. The van der Waals surface area contributed by atoms with Gasteiger partial charge in [-0.25, -0.2) is 9.07 Å².